The summed E-state index contributed by atoms with van der Waals surface area (Å²) in [6.45, 7) is 3.84. The summed E-state index contributed by atoms with van der Waals surface area (Å²) in [7, 11) is 0. The van der Waals surface area contributed by atoms with Gasteiger partial charge in [-0.3, -0.25) is 4.79 Å². The van der Waals surface area contributed by atoms with E-state index in [1.165, 1.54) is 327 Å². The molecule has 9 heteroatoms. The molecule has 0 saturated carbocycles. The Morgan fingerprint density at radius 3 is 0.976 bits per heavy atom. The van der Waals surface area contributed by atoms with Crippen LogP contribution in [0.15, 0.2) is 24.3 Å². The standard InChI is InChI=1S/C74H143NO8/c1-3-5-7-9-11-13-15-17-19-21-23-25-27-29-31-32-33-34-35-36-38-40-42-44-46-48-50-52-54-56-58-60-62-64-70(78)75-67(66-82-74-73(81)72(80)71(79)69(65-76)83-74)68(77)63-61-59-57-55-53-51-49-47-45-43-41-39-37-30-28-26-24-22-20-18-16-14-12-10-8-6-4-2/h21,23,61,63,67-69,71-74,76-77,79-81H,3-20,22,24-60,62,64-66H2,1-2H3,(H,75,78)/b23-21-,63-61+. The molecule has 492 valence electrons. The predicted octanol–water partition coefficient (Wildman–Crippen LogP) is 20.4. The molecule has 0 radical (unpaired) electrons. The summed E-state index contributed by atoms with van der Waals surface area (Å²) < 4.78 is 11.3. The van der Waals surface area contributed by atoms with Gasteiger partial charge in [0.25, 0.3) is 0 Å². The fraction of sp³-hybridized carbons (Fsp3) is 0.932. The number of amides is 1. The quantitative estimate of drug-likeness (QED) is 0.0261. The molecule has 1 saturated heterocycles. The third-order valence-electron chi connectivity index (χ3n) is 18.0. The molecule has 0 aromatic carbocycles. The highest BCUT2D eigenvalue weighted by molar-refractivity contribution is 5.76. The van der Waals surface area contributed by atoms with Crippen LogP contribution in [-0.4, -0.2) is 87.5 Å². The zero-order valence-corrected chi connectivity index (χ0v) is 55.2. The molecule has 1 fully saturated rings. The van der Waals surface area contributed by atoms with E-state index in [0.717, 1.165) is 38.5 Å². The molecule has 0 bridgehead atoms. The average Bonchev–Trinajstić information content (AvgIpc) is 3.61. The smallest absolute Gasteiger partial charge is 0.220 e. The molecule has 0 aromatic heterocycles. The number of ether oxygens (including phenoxy) is 2. The molecule has 1 aliphatic rings. The lowest BCUT2D eigenvalue weighted by molar-refractivity contribution is -0.302. The number of carbonyl (C=O) groups is 1. The molecule has 9 nitrogen and oxygen atoms in total. The second-order valence-corrected chi connectivity index (χ2v) is 26.1. The number of hydrogen-bond acceptors (Lipinski definition) is 8. The van der Waals surface area contributed by atoms with Crippen LogP contribution in [0.1, 0.15) is 386 Å². The molecule has 1 heterocycles. The highest BCUT2D eigenvalue weighted by Crippen LogP contribution is 2.24. The van der Waals surface area contributed by atoms with Crippen molar-refractivity contribution in [2.24, 2.45) is 0 Å². The molecular weight excluding hydrogens is 1030 g/mol. The predicted molar refractivity (Wildman–Crippen MR) is 355 cm³/mol. The largest absolute Gasteiger partial charge is 0.394 e. The number of carbonyl (C=O) groups excluding carboxylic acids is 1. The number of rotatable bonds is 66. The van der Waals surface area contributed by atoms with Gasteiger partial charge in [-0.1, -0.05) is 359 Å². The third-order valence-corrected chi connectivity index (χ3v) is 18.0. The summed E-state index contributed by atoms with van der Waals surface area (Å²) >= 11 is 0. The maximum Gasteiger partial charge on any atom is 0.220 e. The minimum absolute atomic E-state index is 0.167. The number of unbranched alkanes of at least 4 members (excludes halogenated alkanes) is 54. The van der Waals surface area contributed by atoms with E-state index in [9.17, 15) is 30.3 Å². The monoisotopic (exact) mass is 1170 g/mol. The summed E-state index contributed by atoms with van der Waals surface area (Å²) in [5.41, 5.74) is 0. The van der Waals surface area contributed by atoms with Crippen LogP contribution in [0.25, 0.3) is 0 Å². The van der Waals surface area contributed by atoms with Gasteiger partial charge in [0, 0.05) is 6.42 Å². The fourth-order valence-electron chi connectivity index (χ4n) is 12.2. The van der Waals surface area contributed by atoms with Gasteiger partial charge in [0.05, 0.1) is 25.4 Å². The third kappa shape index (κ3) is 52.3. The Balaban J connectivity index is 2.09. The first-order chi connectivity index (χ1) is 40.8. The van der Waals surface area contributed by atoms with Gasteiger partial charge in [0.2, 0.25) is 5.91 Å². The molecule has 0 aliphatic carbocycles. The minimum Gasteiger partial charge on any atom is -0.394 e. The van der Waals surface area contributed by atoms with E-state index in [0.29, 0.717) is 6.42 Å². The molecule has 1 aliphatic heterocycles. The normalized spacial score (nSPS) is 18.3. The lowest BCUT2D eigenvalue weighted by atomic mass is 9.99. The first-order valence-electron chi connectivity index (χ1n) is 37.1. The molecule has 0 aromatic rings. The maximum absolute atomic E-state index is 13.1. The van der Waals surface area contributed by atoms with Crippen LogP contribution >= 0.6 is 0 Å². The van der Waals surface area contributed by atoms with Crippen LogP contribution in [0.5, 0.6) is 0 Å². The van der Waals surface area contributed by atoms with Gasteiger partial charge in [-0.2, -0.15) is 0 Å². The Hall–Kier alpha value is -1.33. The van der Waals surface area contributed by atoms with E-state index in [2.05, 4.69) is 31.3 Å². The van der Waals surface area contributed by atoms with E-state index in [-0.39, 0.29) is 12.5 Å². The Labute approximate surface area is 515 Å². The van der Waals surface area contributed by atoms with Gasteiger partial charge in [-0.05, 0) is 44.9 Å². The Kier molecular flexibility index (Phi) is 61.1. The second kappa shape index (κ2) is 63.7. The van der Waals surface area contributed by atoms with E-state index < -0.39 is 49.5 Å². The van der Waals surface area contributed by atoms with Crippen LogP contribution in [0.4, 0.5) is 0 Å². The summed E-state index contributed by atoms with van der Waals surface area (Å²) in [5, 5.41) is 54.8. The van der Waals surface area contributed by atoms with Gasteiger partial charge in [-0.15, -0.1) is 0 Å². The first kappa shape index (κ1) is 79.7. The number of aliphatic hydroxyl groups is 5. The van der Waals surface area contributed by atoms with Crippen molar-refractivity contribution in [3.05, 3.63) is 24.3 Å². The van der Waals surface area contributed by atoms with Crippen molar-refractivity contribution in [1.29, 1.82) is 0 Å². The van der Waals surface area contributed by atoms with Crippen molar-refractivity contribution < 1.29 is 39.8 Å². The van der Waals surface area contributed by atoms with Crippen molar-refractivity contribution in [3.8, 4) is 0 Å². The molecule has 7 atom stereocenters. The molecular formula is C74H143NO8. The molecule has 7 unspecified atom stereocenters. The summed E-state index contributed by atoms with van der Waals surface area (Å²) in [4.78, 5) is 13.1. The topological polar surface area (TPSA) is 149 Å². The zero-order valence-electron chi connectivity index (χ0n) is 55.2. The minimum atomic E-state index is -1.57. The van der Waals surface area contributed by atoms with Crippen molar-refractivity contribution in [3.63, 3.8) is 0 Å². The Morgan fingerprint density at radius 1 is 0.398 bits per heavy atom. The summed E-state index contributed by atoms with van der Waals surface area (Å²) in [6, 6.07) is -0.804. The van der Waals surface area contributed by atoms with Crippen LogP contribution in [-0.2, 0) is 14.3 Å². The number of nitrogens with one attached hydrogen (secondary N) is 1. The van der Waals surface area contributed by atoms with Gasteiger partial charge in [0.15, 0.2) is 6.29 Å². The zero-order chi connectivity index (χ0) is 60.0. The highest BCUT2D eigenvalue weighted by atomic mass is 16.7. The van der Waals surface area contributed by atoms with Gasteiger partial charge in [0.1, 0.15) is 24.4 Å². The van der Waals surface area contributed by atoms with Crippen molar-refractivity contribution in [2.45, 2.75) is 429 Å². The second-order valence-electron chi connectivity index (χ2n) is 26.1. The highest BCUT2D eigenvalue weighted by Gasteiger charge is 2.44. The SMILES string of the molecule is CCCCCCCCCC/C=C\CCCCCCCCCCCCCCCCCCCCCCCC(=O)NC(COC1OC(CO)C(O)C(O)C1O)C(O)/C=C/CCCCCCCCCCCCCCCCCCCCCCCCCCC. The molecule has 1 amide bonds. The Morgan fingerprint density at radius 2 is 0.675 bits per heavy atom. The first-order valence-corrected chi connectivity index (χ1v) is 37.1. The van der Waals surface area contributed by atoms with E-state index in [1.54, 1.807) is 6.08 Å². The van der Waals surface area contributed by atoms with Gasteiger partial charge in [-0.25, -0.2) is 0 Å². The van der Waals surface area contributed by atoms with Crippen molar-refractivity contribution in [2.75, 3.05) is 13.2 Å². The molecule has 83 heavy (non-hydrogen) atoms. The fourth-order valence-corrected chi connectivity index (χ4v) is 12.2. The van der Waals surface area contributed by atoms with Gasteiger partial charge >= 0.3 is 0 Å². The maximum atomic E-state index is 13.1. The Bertz CT molecular complexity index is 1360. The van der Waals surface area contributed by atoms with Crippen LogP contribution in [0.2, 0.25) is 0 Å². The summed E-state index contributed by atoms with van der Waals surface area (Å²) in [6.07, 6.45) is 77.3. The summed E-state index contributed by atoms with van der Waals surface area (Å²) in [5.74, 6) is -0.167. The van der Waals surface area contributed by atoms with E-state index in [1.807, 2.05) is 6.08 Å². The lowest BCUT2D eigenvalue weighted by Crippen LogP contribution is -2.60. The van der Waals surface area contributed by atoms with Crippen molar-refractivity contribution >= 4 is 5.91 Å². The number of hydrogen-bond donors (Lipinski definition) is 6. The molecule has 0 spiro atoms. The molecule has 1 rings (SSSR count). The van der Waals surface area contributed by atoms with E-state index in [4.69, 9.17) is 9.47 Å². The van der Waals surface area contributed by atoms with Gasteiger partial charge < -0.3 is 40.3 Å². The van der Waals surface area contributed by atoms with Crippen LogP contribution in [0, 0.1) is 0 Å². The average molecular weight is 1170 g/mol. The molecule has 6 N–H and O–H groups in total. The van der Waals surface area contributed by atoms with E-state index >= 15 is 0 Å². The lowest BCUT2D eigenvalue weighted by Gasteiger charge is -2.40. The van der Waals surface area contributed by atoms with Crippen LogP contribution in [0.3, 0.4) is 0 Å². The van der Waals surface area contributed by atoms with Crippen LogP contribution < -0.4 is 5.32 Å². The number of aliphatic hydroxyl groups excluding tert-OH is 5. The number of allylic oxidation sites excluding steroid dienone is 3. The van der Waals surface area contributed by atoms with Crippen molar-refractivity contribution in [1.82, 2.24) is 5.32 Å².